The van der Waals surface area contributed by atoms with Crippen LogP contribution in [0.1, 0.15) is 19.4 Å². The minimum Gasteiger partial charge on any atom is -0.494 e. The number of nitrogens with zero attached hydrogens (tertiary/aromatic N) is 1. The van der Waals surface area contributed by atoms with E-state index < -0.39 is 0 Å². The van der Waals surface area contributed by atoms with Crippen LogP contribution >= 0.6 is 24.8 Å². The Balaban J connectivity index is 0.00000338. The number of aromatic nitrogens is 1. The van der Waals surface area contributed by atoms with Crippen LogP contribution in [0.3, 0.4) is 0 Å². The molecular weight excluding hydrogens is 389 g/mol. The summed E-state index contributed by atoms with van der Waals surface area (Å²) < 4.78 is 11.2. The van der Waals surface area contributed by atoms with E-state index in [1.807, 2.05) is 57.3 Å². The van der Waals surface area contributed by atoms with Crippen LogP contribution in [0.15, 0.2) is 42.6 Å². The molecular formula is C19H27Cl2N3O3. The van der Waals surface area contributed by atoms with Crippen LogP contribution in [-0.4, -0.2) is 31.1 Å². The Morgan fingerprint density at radius 2 is 1.81 bits per heavy atom. The fourth-order valence-electron chi connectivity index (χ4n) is 2.27. The number of ether oxygens (including phenoxy) is 2. The van der Waals surface area contributed by atoms with Gasteiger partial charge in [0.15, 0.2) is 0 Å². The molecule has 0 spiro atoms. The Morgan fingerprint density at radius 1 is 1.15 bits per heavy atom. The van der Waals surface area contributed by atoms with Crippen molar-refractivity contribution in [2.75, 3.05) is 20.2 Å². The van der Waals surface area contributed by atoms with E-state index in [0.717, 1.165) is 11.3 Å². The highest BCUT2D eigenvalue weighted by atomic mass is 35.5. The van der Waals surface area contributed by atoms with E-state index in [0.29, 0.717) is 31.3 Å². The van der Waals surface area contributed by atoms with Gasteiger partial charge in [0, 0.05) is 31.3 Å². The monoisotopic (exact) mass is 415 g/mol. The molecule has 0 fully saturated rings. The van der Waals surface area contributed by atoms with Gasteiger partial charge in [-0.2, -0.15) is 0 Å². The van der Waals surface area contributed by atoms with Gasteiger partial charge in [0.05, 0.1) is 6.61 Å². The van der Waals surface area contributed by atoms with Crippen molar-refractivity contribution in [1.29, 1.82) is 0 Å². The van der Waals surface area contributed by atoms with Gasteiger partial charge < -0.3 is 20.1 Å². The summed E-state index contributed by atoms with van der Waals surface area (Å²) >= 11 is 0. The largest absolute Gasteiger partial charge is 0.494 e. The molecule has 27 heavy (non-hydrogen) atoms. The van der Waals surface area contributed by atoms with E-state index in [2.05, 4.69) is 15.6 Å². The SMILES string of the molecule is CCOc1ccc(Oc2cc(CNC(=O)C(C)CNC)ccn2)cc1.Cl.Cl. The number of hydrogen-bond donors (Lipinski definition) is 2. The maximum atomic E-state index is 12.0. The second-order valence-corrected chi connectivity index (χ2v) is 5.69. The fraction of sp³-hybridized carbons (Fsp3) is 0.368. The molecule has 0 aliphatic rings. The molecule has 150 valence electrons. The second-order valence-electron chi connectivity index (χ2n) is 5.69. The van der Waals surface area contributed by atoms with Gasteiger partial charge in [0.1, 0.15) is 11.5 Å². The van der Waals surface area contributed by atoms with E-state index in [1.165, 1.54) is 0 Å². The van der Waals surface area contributed by atoms with Gasteiger partial charge in [-0.25, -0.2) is 4.98 Å². The zero-order valence-electron chi connectivity index (χ0n) is 15.7. The quantitative estimate of drug-likeness (QED) is 0.654. The molecule has 0 radical (unpaired) electrons. The van der Waals surface area contributed by atoms with Crippen LogP contribution in [0.2, 0.25) is 0 Å². The van der Waals surface area contributed by atoms with Gasteiger partial charge in [0.25, 0.3) is 0 Å². The molecule has 0 saturated carbocycles. The minimum absolute atomic E-state index is 0. The van der Waals surface area contributed by atoms with Crippen LogP contribution in [0.4, 0.5) is 0 Å². The number of benzene rings is 1. The summed E-state index contributed by atoms with van der Waals surface area (Å²) in [6.07, 6.45) is 1.67. The molecule has 0 aliphatic carbocycles. The molecule has 2 aromatic rings. The summed E-state index contributed by atoms with van der Waals surface area (Å²) in [5, 5.41) is 5.91. The number of amides is 1. The van der Waals surface area contributed by atoms with Crippen molar-refractivity contribution < 1.29 is 14.3 Å². The molecule has 0 aliphatic heterocycles. The van der Waals surface area contributed by atoms with Crippen LogP contribution in [0.5, 0.6) is 17.4 Å². The van der Waals surface area contributed by atoms with Gasteiger partial charge in [-0.05, 0) is 49.9 Å². The molecule has 1 aromatic heterocycles. The minimum atomic E-state index is -0.0774. The normalized spacial score (nSPS) is 10.8. The molecule has 1 aromatic carbocycles. The summed E-state index contributed by atoms with van der Waals surface area (Å²) in [7, 11) is 1.83. The maximum Gasteiger partial charge on any atom is 0.224 e. The van der Waals surface area contributed by atoms with Crippen molar-refractivity contribution in [3.63, 3.8) is 0 Å². The molecule has 8 heteroatoms. The predicted octanol–water partition coefficient (Wildman–Crippen LogP) is 3.59. The number of carbonyl (C=O) groups excluding carboxylic acids is 1. The lowest BCUT2D eigenvalue weighted by Crippen LogP contribution is -2.33. The molecule has 1 amide bonds. The molecule has 0 saturated heterocycles. The number of pyridine rings is 1. The molecule has 2 rings (SSSR count). The van der Waals surface area contributed by atoms with Crippen molar-refractivity contribution in [2.45, 2.75) is 20.4 Å². The topological polar surface area (TPSA) is 72.5 Å². The fourth-order valence-corrected chi connectivity index (χ4v) is 2.27. The lowest BCUT2D eigenvalue weighted by atomic mass is 10.1. The standard InChI is InChI=1S/C19H25N3O3.2ClH/c1-4-24-16-5-7-17(8-6-16)25-18-11-15(9-10-21-18)13-22-19(23)14(2)12-20-3;;/h5-11,14,20H,4,12-13H2,1-3H3,(H,22,23);2*1H. The van der Waals surface area contributed by atoms with Crippen molar-refractivity contribution in [2.24, 2.45) is 5.92 Å². The molecule has 1 atom stereocenters. The summed E-state index contributed by atoms with van der Waals surface area (Å²) in [5.74, 6) is 1.90. The van der Waals surface area contributed by atoms with E-state index in [1.54, 1.807) is 6.20 Å². The summed E-state index contributed by atoms with van der Waals surface area (Å²) in [5.41, 5.74) is 0.931. The number of halogens is 2. The number of hydrogen-bond acceptors (Lipinski definition) is 5. The molecule has 1 heterocycles. The smallest absolute Gasteiger partial charge is 0.224 e. The molecule has 6 nitrogen and oxygen atoms in total. The number of carbonyl (C=O) groups is 1. The highest BCUT2D eigenvalue weighted by molar-refractivity contribution is 5.85. The first kappa shape index (κ1) is 25.0. The van der Waals surface area contributed by atoms with Crippen molar-refractivity contribution in [1.82, 2.24) is 15.6 Å². The van der Waals surface area contributed by atoms with Crippen LogP contribution in [0.25, 0.3) is 0 Å². The Kier molecular flexibility index (Phi) is 12.2. The molecule has 0 bridgehead atoms. The van der Waals surface area contributed by atoms with Gasteiger partial charge >= 0.3 is 0 Å². The van der Waals surface area contributed by atoms with Gasteiger partial charge in [-0.15, -0.1) is 24.8 Å². The van der Waals surface area contributed by atoms with Crippen LogP contribution < -0.4 is 20.1 Å². The predicted molar refractivity (Wildman–Crippen MR) is 111 cm³/mol. The Morgan fingerprint density at radius 3 is 2.44 bits per heavy atom. The van der Waals surface area contributed by atoms with Crippen LogP contribution in [-0.2, 0) is 11.3 Å². The number of rotatable bonds is 9. The zero-order chi connectivity index (χ0) is 18.1. The van der Waals surface area contributed by atoms with Gasteiger partial charge in [-0.1, -0.05) is 6.92 Å². The summed E-state index contributed by atoms with van der Waals surface area (Å²) in [6.45, 7) is 5.54. The van der Waals surface area contributed by atoms with E-state index >= 15 is 0 Å². The molecule has 2 N–H and O–H groups in total. The van der Waals surface area contributed by atoms with Crippen molar-refractivity contribution >= 4 is 30.7 Å². The van der Waals surface area contributed by atoms with E-state index in [-0.39, 0.29) is 36.6 Å². The molecule has 1 unspecified atom stereocenters. The van der Waals surface area contributed by atoms with Crippen LogP contribution in [0, 0.1) is 5.92 Å². The van der Waals surface area contributed by atoms with E-state index in [9.17, 15) is 4.79 Å². The highest BCUT2D eigenvalue weighted by Gasteiger charge is 2.11. The Hall–Kier alpha value is -2.02. The lowest BCUT2D eigenvalue weighted by molar-refractivity contribution is -0.124. The third kappa shape index (κ3) is 8.47. The third-order valence-electron chi connectivity index (χ3n) is 3.58. The first-order valence-corrected chi connectivity index (χ1v) is 8.40. The Labute approximate surface area is 172 Å². The maximum absolute atomic E-state index is 12.0. The van der Waals surface area contributed by atoms with Gasteiger partial charge in [0.2, 0.25) is 11.8 Å². The first-order valence-electron chi connectivity index (χ1n) is 8.40. The van der Waals surface area contributed by atoms with Crippen molar-refractivity contribution in [3.05, 3.63) is 48.2 Å². The van der Waals surface area contributed by atoms with E-state index in [4.69, 9.17) is 9.47 Å². The number of nitrogens with one attached hydrogen (secondary N) is 2. The van der Waals surface area contributed by atoms with Gasteiger partial charge in [-0.3, -0.25) is 4.79 Å². The lowest BCUT2D eigenvalue weighted by Gasteiger charge is -2.12. The average Bonchev–Trinajstić information content (AvgIpc) is 2.62. The highest BCUT2D eigenvalue weighted by Crippen LogP contribution is 2.23. The summed E-state index contributed by atoms with van der Waals surface area (Å²) in [6, 6.07) is 11.0. The summed E-state index contributed by atoms with van der Waals surface area (Å²) in [4.78, 5) is 16.2. The van der Waals surface area contributed by atoms with Crippen molar-refractivity contribution in [3.8, 4) is 17.4 Å². The third-order valence-corrected chi connectivity index (χ3v) is 3.58. The average molecular weight is 416 g/mol. The Bertz CT molecular complexity index is 684. The zero-order valence-corrected chi connectivity index (χ0v) is 17.4. The first-order chi connectivity index (χ1) is 12.1. The second kappa shape index (κ2) is 13.2.